The van der Waals surface area contributed by atoms with Gasteiger partial charge in [0.25, 0.3) is 5.69 Å². The van der Waals surface area contributed by atoms with Crippen molar-refractivity contribution < 1.29 is 19.5 Å². The first kappa shape index (κ1) is 20.5. The molecule has 31 heavy (non-hydrogen) atoms. The van der Waals surface area contributed by atoms with Gasteiger partial charge in [-0.25, -0.2) is 0 Å². The molecule has 0 fully saturated rings. The van der Waals surface area contributed by atoms with Crippen LogP contribution in [0.25, 0.3) is 6.08 Å². The number of phenolic OH excluding ortho intramolecular Hbond substituents is 1. The third kappa shape index (κ3) is 3.50. The van der Waals surface area contributed by atoms with E-state index < -0.39 is 10.5 Å². The molecule has 0 amide bonds. The van der Waals surface area contributed by atoms with Crippen LogP contribution in [-0.2, 0) is 5.60 Å². The molecule has 6 heteroatoms. The van der Waals surface area contributed by atoms with Crippen LogP contribution in [0.3, 0.4) is 0 Å². The number of non-ortho nitro benzene ring substituents is 1. The van der Waals surface area contributed by atoms with E-state index in [1.807, 2.05) is 64.1 Å². The summed E-state index contributed by atoms with van der Waals surface area (Å²) in [7, 11) is 0. The first-order valence-corrected chi connectivity index (χ1v) is 9.94. The molecule has 4 rings (SSSR count). The highest BCUT2D eigenvalue weighted by atomic mass is 16.6. The minimum atomic E-state index is -0.801. The third-order valence-corrected chi connectivity index (χ3v) is 5.84. The van der Waals surface area contributed by atoms with Crippen molar-refractivity contribution >= 4 is 11.8 Å². The Kier molecular flexibility index (Phi) is 4.93. The zero-order valence-corrected chi connectivity index (χ0v) is 17.8. The van der Waals surface area contributed by atoms with Gasteiger partial charge in [0.1, 0.15) is 23.0 Å². The van der Waals surface area contributed by atoms with Gasteiger partial charge >= 0.3 is 0 Å². The Balaban J connectivity index is 1.73. The van der Waals surface area contributed by atoms with E-state index in [-0.39, 0.29) is 11.4 Å². The van der Waals surface area contributed by atoms with E-state index in [1.54, 1.807) is 12.1 Å². The number of benzene rings is 3. The second-order valence-electron chi connectivity index (χ2n) is 7.86. The van der Waals surface area contributed by atoms with Crippen LogP contribution >= 0.6 is 0 Å². The van der Waals surface area contributed by atoms with E-state index in [1.165, 1.54) is 12.1 Å². The van der Waals surface area contributed by atoms with Gasteiger partial charge in [0.2, 0.25) is 0 Å². The molecule has 0 saturated carbocycles. The number of nitro groups is 1. The average Bonchev–Trinajstić information content (AvgIpc) is 2.77. The van der Waals surface area contributed by atoms with E-state index in [4.69, 9.17) is 9.47 Å². The average molecular weight is 417 g/mol. The predicted molar refractivity (Wildman–Crippen MR) is 119 cm³/mol. The summed E-state index contributed by atoms with van der Waals surface area (Å²) in [6.45, 7) is 7.65. The molecule has 1 aliphatic rings. The lowest BCUT2D eigenvalue weighted by Gasteiger charge is -2.35. The number of fused-ring (bicyclic) bond motifs is 1. The lowest BCUT2D eigenvalue weighted by molar-refractivity contribution is -0.384. The molecule has 6 nitrogen and oxygen atoms in total. The van der Waals surface area contributed by atoms with Gasteiger partial charge in [0.05, 0.1) is 4.92 Å². The zero-order valence-electron chi connectivity index (χ0n) is 17.8. The van der Waals surface area contributed by atoms with Crippen molar-refractivity contribution in [2.45, 2.75) is 33.3 Å². The van der Waals surface area contributed by atoms with Crippen molar-refractivity contribution in [3.05, 3.63) is 92.5 Å². The van der Waals surface area contributed by atoms with E-state index in [9.17, 15) is 15.2 Å². The molecule has 1 atom stereocenters. The Morgan fingerprint density at radius 1 is 1.00 bits per heavy atom. The molecular weight excluding hydrogens is 394 g/mol. The number of hydrogen-bond acceptors (Lipinski definition) is 5. The summed E-state index contributed by atoms with van der Waals surface area (Å²) < 4.78 is 12.6. The molecule has 1 N–H and O–H groups in total. The van der Waals surface area contributed by atoms with Gasteiger partial charge in [-0.1, -0.05) is 24.3 Å². The summed E-state index contributed by atoms with van der Waals surface area (Å²) in [5, 5.41) is 21.3. The summed E-state index contributed by atoms with van der Waals surface area (Å²) in [6.07, 6.45) is 3.93. The van der Waals surface area contributed by atoms with Crippen LogP contribution in [0.15, 0.2) is 54.6 Å². The van der Waals surface area contributed by atoms with E-state index >= 15 is 0 Å². The lowest BCUT2D eigenvalue weighted by atomic mass is 9.88. The fourth-order valence-electron chi connectivity index (χ4n) is 3.82. The molecule has 1 unspecified atom stereocenters. The maximum Gasteiger partial charge on any atom is 0.269 e. The quantitative estimate of drug-likeness (QED) is 0.396. The highest BCUT2D eigenvalue weighted by Crippen LogP contribution is 2.46. The summed E-state index contributed by atoms with van der Waals surface area (Å²) >= 11 is 0. The molecule has 1 heterocycles. The van der Waals surface area contributed by atoms with Crippen LogP contribution in [-0.4, -0.2) is 10.0 Å². The van der Waals surface area contributed by atoms with Crippen LogP contribution in [0.5, 0.6) is 23.0 Å². The Morgan fingerprint density at radius 3 is 2.35 bits per heavy atom. The van der Waals surface area contributed by atoms with Crippen molar-refractivity contribution in [3.8, 4) is 23.0 Å². The maximum absolute atomic E-state index is 10.9. The second-order valence-corrected chi connectivity index (χ2v) is 7.86. The second kappa shape index (κ2) is 7.47. The van der Waals surface area contributed by atoms with Gasteiger partial charge in [-0.15, -0.1) is 0 Å². The Labute approximate surface area is 180 Å². The molecular formula is C25H23NO5. The number of nitro benzene ring substituents is 1. The van der Waals surface area contributed by atoms with E-state index in [0.717, 1.165) is 33.6 Å². The monoisotopic (exact) mass is 417 g/mol. The summed E-state index contributed by atoms with van der Waals surface area (Å²) in [4.78, 5) is 10.5. The Morgan fingerprint density at radius 2 is 1.68 bits per heavy atom. The van der Waals surface area contributed by atoms with Crippen molar-refractivity contribution in [1.82, 2.24) is 0 Å². The van der Waals surface area contributed by atoms with Crippen LogP contribution in [0.1, 0.15) is 34.7 Å². The number of rotatable bonds is 4. The largest absolute Gasteiger partial charge is 0.507 e. The summed E-state index contributed by atoms with van der Waals surface area (Å²) in [6, 6.07) is 13.5. The third-order valence-electron chi connectivity index (χ3n) is 5.84. The smallest absolute Gasteiger partial charge is 0.269 e. The standard InChI is InChI=1S/C25H23NO5/c1-15-16(2)24-20(17(3)23(15)27)13-14-25(4,31-24)21-7-5-6-8-22(21)30-19-11-9-18(10-12-19)26(28)29/h5-14,27H,1-4H3. The number of ether oxygens (including phenoxy) is 2. The number of aromatic hydroxyl groups is 1. The van der Waals surface area contributed by atoms with E-state index in [0.29, 0.717) is 11.5 Å². The Hall–Kier alpha value is -3.80. The molecule has 0 aromatic heterocycles. The molecule has 3 aromatic carbocycles. The van der Waals surface area contributed by atoms with Crippen LogP contribution in [0.4, 0.5) is 5.69 Å². The van der Waals surface area contributed by atoms with E-state index in [2.05, 4.69) is 0 Å². The molecule has 3 aromatic rings. The first-order valence-electron chi connectivity index (χ1n) is 9.94. The van der Waals surface area contributed by atoms with Crippen LogP contribution in [0, 0.1) is 30.9 Å². The highest BCUT2D eigenvalue weighted by molar-refractivity contribution is 5.72. The van der Waals surface area contributed by atoms with Gasteiger partial charge in [0.15, 0.2) is 5.60 Å². The zero-order chi connectivity index (χ0) is 22.3. The number of nitrogens with zero attached hydrogens (tertiary/aromatic N) is 1. The summed E-state index contributed by atoms with van der Waals surface area (Å²) in [5.41, 5.74) is 3.36. The van der Waals surface area contributed by atoms with Crippen molar-refractivity contribution in [1.29, 1.82) is 0 Å². The van der Waals surface area contributed by atoms with Crippen molar-refractivity contribution in [2.24, 2.45) is 0 Å². The van der Waals surface area contributed by atoms with Gasteiger partial charge in [0, 0.05) is 28.8 Å². The molecule has 1 aliphatic heterocycles. The van der Waals surface area contributed by atoms with Crippen LogP contribution < -0.4 is 9.47 Å². The minimum Gasteiger partial charge on any atom is -0.507 e. The maximum atomic E-state index is 10.9. The summed E-state index contributed by atoms with van der Waals surface area (Å²) in [5.74, 6) is 2.12. The predicted octanol–water partition coefficient (Wildman–Crippen LogP) is 6.34. The fourth-order valence-corrected chi connectivity index (χ4v) is 3.82. The number of para-hydroxylation sites is 1. The highest BCUT2D eigenvalue weighted by Gasteiger charge is 2.34. The van der Waals surface area contributed by atoms with Crippen molar-refractivity contribution in [2.75, 3.05) is 0 Å². The molecule has 0 aliphatic carbocycles. The number of phenols is 1. The molecule has 0 spiro atoms. The minimum absolute atomic E-state index is 0.00668. The lowest BCUT2D eigenvalue weighted by Crippen LogP contribution is -2.30. The first-order chi connectivity index (χ1) is 14.7. The van der Waals surface area contributed by atoms with Gasteiger partial charge in [-0.3, -0.25) is 10.1 Å². The normalized spacial score (nSPS) is 17.0. The van der Waals surface area contributed by atoms with Crippen molar-refractivity contribution in [3.63, 3.8) is 0 Å². The fraction of sp³-hybridized carbons (Fsp3) is 0.200. The number of hydrogen-bond donors (Lipinski definition) is 1. The topological polar surface area (TPSA) is 81.8 Å². The Bertz CT molecular complexity index is 1210. The molecule has 0 bridgehead atoms. The molecule has 158 valence electrons. The van der Waals surface area contributed by atoms with Gasteiger partial charge < -0.3 is 14.6 Å². The molecule has 0 saturated heterocycles. The van der Waals surface area contributed by atoms with Crippen LogP contribution in [0.2, 0.25) is 0 Å². The van der Waals surface area contributed by atoms with Gasteiger partial charge in [-0.05, 0) is 63.1 Å². The molecule has 0 radical (unpaired) electrons. The van der Waals surface area contributed by atoms with Gasteiger partial charge in [-0.2, -0.15) is 0 Å². The SMILES string of the molecule is Cc1c(C)c2c(c(C)c1O)C=CC(C)(c1ccccc1Oc1ccc([N+](=O)[O-])cc1)O2.